The first-order valence-electron chi connectivity index (χ1n) is 11.8. The van der Waals surface area contributed by atoms with Crippen molar-refractivity contribution in [3.8, 4) is 11.1 Å². The van der Waals surface area contributed by atoms with Crippen LogP contribution < -0.4 is 0 Å². The van der Waals surface area contributed by atoms with E-state index in [1.807, 2.05) is 24.3 Å². The number of halogens is 3. The van der Waals surface area contributed by atoms with Crippen molar-refractivity contribution in [2.45, 2.75) is 58.3 Å². The monoisotopic (exact) mass is 436 g/mol. The van der Waals surface area contributed by atoms with Crippen molar-refractivity contribution in [3.05, 3.63) is 77.6 Å². The summed E-state index contributed by atoms with van der Waals surface area (Å²) in [6.07, 6.45) is 11.5. The highest BCUT2D eigenvalue weighted by Gasteiger charge is 2.21. The highest BCUT2D eigenvalue weighted by molar-refractivity contribution is 5.90. The fourth-order valence-corrected chi connectivity index (χ4v) is 5.20. The normalized spacial score (nSPS) is 18.8. The van der Waals surface area contributed by atoms with Crippen LogP contribution in [0.15, 0.2) is 49.0 Å². The van der Waals surface area contributed by atoms with Crippen LogP contribution in [0.1, 0.15) is 63.0 Å². The third-order valence-corrected chi connectivity index (χ3v) is 7.14. The Labute approximate surface area is 189 Å². The van der Waals surface area contributed by atoms with E-state index in [0.717, 1.165) is 18.3 Å². The van der Waals surface area contributed by atoms with Gasteiger partial charge in [-0.05, 0) is 47.3 Å². The third kappa shape index (κ3) is 4.62. The maximum Gasteiger partial charge on any atom is 0.170 e. The van der Waals surface area contributed by atoms with Gasteiger partial charge in [-0.2, -0.15) is 0 Å². The van der Waals surface area contributed by atoms with E-state index in [1.165, 1.54) is 68.7 Å². The molecule has 4 rings (SSSR count). The molecule has 1 aliphatic carbocycles. The Morgan fingerprint density at radius 2 is 1.50 bits per heavy atom. The SMILES string of the molecule is C=Cc1ccc2cc(-c3ccc(CCC4CCC(CCC)CC4)cc3)c(F)c(F)c2c1F. The number of benzene rings is 3. The summed E-state index contributed by atoms with van der Waals surface area (Å²) in [6, 6.07) is 12.3. The first-order chi connectivity index (χ1) is 15.5. The summed E-state index contributed by atoms with van der Waals surface area (Å²) in [4.78, 5) is 0. The van der Waals surface area contributed by atoms with Crippen LogP contribution in [-0.4, -0.2) is 0 Å². The van der Waals surface area contributed by atoms with Gasteiger partial charge in [0.25, 0.3) is 0 Å². The van der Waals surface area contributed by atoms with Crippen molar-refractivity contribution in [1.29, 1.82) is 0 Å². The minimum absolute atomic E-state index is 0.154. The van der Waals surface area contributed by atoms with Gasteiger partial charge < -0.3 is 0 Å². The van der Waals surface area contributed by atoms with Crippen LogP contribution in [0.5, 0.6) is 0 Å². The zero-order chi connectivity index (χ0) is 22.7. The summed E-state index contributed by atoms with van der Waals surface area (Å²) in [5, 5.41) is 0.0127. The number of aryl methyl sites for hydroxylation is 1. The molecule has 0 bridgehead atoms. The second kappa shape index (κ2) is 9.94. The van der Waals surface area contributed by atoms with E-state index in [9.17, 15) is 13.2 Å². The molecule has 0 atom stereocenters. The van der Waals surface area contributed by atoms with E-state index < -0.39 is 17.5 Å². The number of fused-ring (bicyclic) bond motifs is 1. The first-order valence-corrected chi connectivity index (χ1v) is 11.8. The molecule has 0 heterocycles. The van der Waals surface area contributed by atoms with Gasteiger partial charge in [-0.3, -0.25) is 0 Å². The molecule has 1 saturated carbocycles. The highest BCUT2D eigenvalue weighted by Crippen LogP contribution is 2.35. The average Bonchev–Trinajstić information content (AvgIpc) is 2.81. The molecule has 0 spiro atoms. The molecule has 0 saturated heterocycles. The Morgan fingerprint density at radius 1 is 0.844 bits per heavy atom. The lowest BCUT2D eigenvalue weighted by Gasteiger charge is -2.28. The van der Waals surface area contributed by atoms with E-state index in [1.54, 1.807) is 6.07 Å². The second-order valence-electron chi connectivity index (χ2n) is 9.23. The zero-order valence-corrected chi connectivity index (χ0v) is 18.8. The molecule has 0 amide bonds. The lowest BCUT2D eigenvalue weighted by atomic mass is 9.78. The molecular weight excluding hydrogens is 405 g/mol. The van der Waals surface area contributed by atoms with Crippen LogP contribution in [0.25, 0.3) is 28.0 Å². The van der Waals surface area contributed by atoms with Gasteiger partial charge in [-0.1, -0.05) is 94.5 Å². The highest BCUT2D eigenvalue weighted by atomic mass is 19.2. The van der Waals surface area contributed by atoms with Crippen LogP contribution in [0.3, 0.4) is 0 Å². The van der Waals surface area contributed by atoms with Crippen LogP contribution >= 0.6 is 0 Å². The maximum atomic E-state index is 14.8. The van der Waals surface area contributed by atoms with Gasteiger partial charge in [0.1, 0.15) is 5.82 Å². The second-order valence-corrected chi connectivity index (χ2v) is 9.23. The molecule has 0 aromatic heterocycles. The lowest BCUT2D eigenvalue weighted by Crippen LogP contribution is -2.15. The Bertz CT molecular complexity index is 1090. The Balaban J connectivity index is 1.48. The van der Waals surface area contributed by atoms with Crippen LogP contribution in [0.4, 0.5) is 13.2 Å². The predicted molar refractivity (Wildman–Crippen MR) is 128 cm³/mol. The molecule has 168 valence electrons. The maximum absolute atomic E-state index is 14.8. The quantitative estimate of drug-likeness (QED) is 0.346. The molecule has 1 fully saturated rings. The molecule has 1 aliphatic rings. The van der Waals surface area contributed by atoms with Crippen LogP contribution in [0, 0.1) is 29.3 Å². The minimum Gasteiger partial charge on any atom is -0.206 e. The molecule has 0 radical (unpaired) electrons. The zero-order valence-electron chi connectivity index (χ0n) is 18.8. The van der Waals surface area contributed by atoms with Gasteiger partial charge in [0.15, 0.2) is 11.6 Å². The molecule has 3 aromatic carbocycles. The Morgan fingerprint density at radius 3 is 2.12 bits per heavy atom. The fraction of sp³-hybridized carbons (Fsp3) is 0.379. The molecule has 0 nitrogen and oxygen atoms in total. The van der Waals surface area contributed by atoms with Crippen molar-refractivity contribution in [3.63, 3.8) is 0 Å². The standard InChI is InChI=1S/C29H31F3/c1-3-5-19-6-8-20(9-7-19)10-11-21-12-14-23(15-13-21)25-18-24-17-16-22(4-2)27(30)26(24)29(32)28(25)31/h4,12-20H,2-3,5-11H2,1H3. The summed E-state index contributed by atoms with van der Waals surface area (Å²) in [5.41, 5.74) is 2.13. The molecule has 32 heavy (non-hydrogen) atoms. The van der Waals surface area contributed by atoms with Gasteiger partial charge >= 0.3 is 0 Å². The summed E-state index contributed by atoms with van der Waals surface area (Å²) in [6.45, 7) is 5.79. The Kier molecular flexibility index (Phi) is 7.03. The topological polar surface area (TPSA) is 0 Å². The van der Waals surface area contributed by atoms with Gasteiger partial charge in [0.2, 0.25) is 0 Å². The van der Waals surface area contributed by atoms with Crippen molar-refractivity contribution in [1.82, 2.24) is 0 Å². The van der Waals surface area contributed by atoms with Gasteiger partial charge in [0.05, 0.1) is 5.39 Å². The van der Waals surface area contributed by atoms with Crippen LogP contribution in [-0.2, 0) is 6.42 Å². The van der Waals surface area contributed by atoms with Gasteiger partial charge in [0, 0.05) is 11.1 Å². The number of rotatable bonds is 7. The van der Waals surface area contributed by atoms with Gasteiger partial charge in [-0.15, -0.1) is 0 Å². The minimum atomic E-state index is -1.15. The number of hydrogen-bond donors (Lipinski definition) is 0. The van der Waals surface area contributed by atoms with E-state index >= 15 is 0 Å². The summed E-state index contributed by atoms with van der Waals surface area (Å²) >= 11 is 0. The third-order valence-electron chi connectivity index (χ3n) is 7.14. The predicted octanol–water partition coefficient (Wildman–Crippen LogP) is 9.11. The molecule has 0 unspecified atom stereocenters. The summed E-state index contributed by atoms with van der Waals surface area (Å²) < 4.78 is 44.1. The molecular formula is C29H31F3. The summed E-state index contributed by atoms with van der Waals surface area (Å²) in [5.74, 6) is -1.23. The van der Waals surface area contributed by atoms with Crippen molar-refractivity contribution in [2.24, 2.45) is 11.8 Å². The van der Waals surface area contributed by atoms with E-state index in [2.05, 4.69) is 13.5 Å². The largest absolute Gasteiger partial charge is 0.206 e. The lowest BCUT2D eigenvalue weighted by molar-refractivity contribution is 0.252. The van der Waals surface area contributed by atoms with E-state index in [4.69, 9.17) is 0 Å². The Hall–Kier alpha value is -2.55. The smallest absolute Gasteiger partial charge is 0.170 e. The van der Waals surface area contributed by atoms with E-state index in [-0.39, 0.29) is 16.5 Å². The van der Waals surface area contributed by atoms with Crippen LogP contribution in [0.2, 0.25) is 0 Å². The molecule has 0 aliphatic heterocycles. The van der Waals surface area contributed by atoms with Gasteiger partial charge in [-0.25, -0.2) is 13.2 Å². The van der Waals surface area contributed by atoms with Crippen molar-refractivity contribution >= 4 is 16.8 Å². The summed E-state index contributed by atoms with van der Waals surface area (Å²) in [7, 11) is 0. The number of hydrogen-bond acceptors (Lipinski definition) is 0. The average molecular weight is 437 g/mol. The molecule has 0 N–H and O–H groups in total. The van der Waals surface area contributed by atoms with Crippen molar-refractivity contribution < 1.29 is 13.2 Å². The van der Waals surface area contributed by atoms with Crippen molar-refractivity contribution in [2.75, 3.05) is 0 Å². The fourth-order valence-electron chi connectivity index (χ4n) is 5.20. The molecule has 3 heteroatoms. The first kappa shape index (κ1) is 22.6. The van der Waals surface area contributed by atoms with E-state index in [0.29, 0.717) is 10.9 Å². The molecule has 3 aromatic rings.